The molecule has 2 heteroatoms. The van der Waals surface area contributed by atoms with Gasteiger partial charge in [0.2, 0.25) is 0 Å². The van der Waals surface area contributed by atoms with Crippen molar-refractivity contribution < 1.29 is 0 Å². The minimum absolute atomic E-state index is 0.142. The summed E-state index contributed by atoms with van der Waals surface area (Å²) in [6.07, 6.45) is 5.40. The third kappa shape index (κ3) is 4.23. The Balaban J connectivity index is 1.06. The maximum absolute atomic E-state index is 2.56. The summed E-state index contributed by atoms with van der Waals surface area (Å²) >= 11 is 0. The first-order valence-corrected chi connectivity index (χ1v) is 18.5. The van der Waals surface area contributed by atoms with Gasteiger partial charge in [0.1, 0.15) is 0 Å². The van der Waals surface area contributed by atoms with Crippen LogP contribution >= 0.6 is 0 Å². The number of benzene rings is 7. The summed E-state index contributed by atoms with van der Waals surface area (Å²) in [5.41, 5.74) is 15.8. The lowest BCUT2D eigenvalue weighted by Gasteiger charge is -2.37. The molecule has 0 radical (unpaired) electrons. The first-order valence-electron chi connectivity index (χ1n) is 18.5. The van der Waals surface area contributed by atoms with Gasteiger partial charge in [-0.25, -0.2) is 0 Å². The fraction of sp³-hybridized carbons (Fsp3) is 0.143. The van der Waals surface area contributed by atoms with Gasteiger partial charge in [-0.05, 0) is 131 Å². The molecule has 11 rings (SSSR count). The summed E-state index contributed by atoms with van der Waals surface area (Å²) in [5, 5.41) is 2.54. The van der Waals surface area contributed by atoms with E-state index in [4.69, 9.17) is 0 Å². The van der Waals surface area contributed by atoms with Gasteiger partial charge in [0, 0.05) is 38.9 Å². The van der Waals surface area contributed by atoms with E-state index in [1.165, 1.54) is 92.5 Å². The monoisotopic (exact) mass is 654 g/mol. The predicted octanol–water partition coefficient (Wildman–Crippen LogP) is 13.0. The van der Waals surface area contributed by atoms with Crippen molar-refractivity contribution in [2.45, 2.75) is 31.1 Å². The lowest BCUT2D eigenvalue weighted by atomic mass is 9.67. The van der Waals surface area contributed by atoms with E-state index in [1.54, 1.807) is 11.1 Å². The number of aromatic nitrogens is 1. The molecule has 0 N–H and O–H groups in total. The molecule has 2 bridgehead atoms. The van der Waals surface area contributed by atoms with Gasteiger partial charge in [0.25, 0.3) is 0 Å². The van der Waals surface area contributed by atoms with Crippen LogP contribution in [0, 0.1) is 11.8 Å². The molecule has 2 fully saturated rings. The molecule has 0 aliphatic heterocycles. The van der Waals surface area contributed by atoms with Gasteiger partial charge < -0.3 is 9.47 Å². The fourth-order valence-electron chi connectivity index (χ4n) is 10.4. The van der Waals surface area contributed by atoms with Crippen LogP contribution in [0.5, 0.6) is 0 Å². The molecule has 1 aromatic heterocycles. The molecule has 2 saturated carbocycles. The number of para-hydroxylation sites is 3. The number of hydrogen-bond acceptors (Lipinski definition) is 1. The van der Waals surface area contributed by atoms with E-state index in [0.29, 0.717) is 0 Å². The molecule has 1 spiro atoms. The average molecular weight is 655 g/mol. The smallest absolute Gasteiger partial charge is 0.0541 e. The van der Waals surface area contributed by atoms with Crippen LogP contribution in [0.1, 0.15) is 36.8 Å². The Labute approximate surface area is 299 Å². The number of fused-ring (bicyclic) bond motifs is 11. The lowest BCUT2D eigenvalue weighted by Crippen LogP contribution is -2.32. The molecule has 244 valence electrons. The highest BCUT2D eigenvalue weighted by atomic mass is 15.1. The second-order valence-corrected chi connectivity index (χ2v) is 15.0. The van der Waals surface area contributed by atoms with Gasteiger partial charge in [-0.1, -0.05) is 110 Å². The topological polar surface area (TPSA) is 8.17 Å². The highest BCUT2D eigenvalue weighted by Gasteiger charge is 2.56. The van der Waals surface area contributed by atoms with E-state index >= 15 is 0 Å². The molecule has 0 saturated heterocycles. The van der Waals surface area contributed by atoms with Crippen LogP contribution in [-0.4, -0.2) is 4.57 Å². The lowest BCUT2D eigenvalue weighted by molar-refractivity contribution is 0.327. The maximum Gasteiger partial charge on any atom is 0.0541 e. The molecule has 7 aromatic carbocycles. The summed E-state index contributed by atoms with van der Waals surface area (Å²) in [7, 11) is 0. The number of nitrogens with zero attached hydrogens (tertiary/aromatic N) is 2. The van der Waals surface area contributed by atoms with Gasteiger partial charge in [0.15, 0.2) is 0 Å². The van der Waals surface area contributed by atoms with E-state index in [9.17, 15) is 0 Å². The van der Waals surface area contributed by atoms with Crippen LogP contribution in [0.4, 0.5) is 17.1 Å². The van der Waals surface area contributed by atoms with Gasteiger partial charge in [-0.3, -0.25) is 0 Å². The Hall–Kier alpha value is -5.86. The van der Waals surface area contributed by atoms with Crippen molar-refractivity contribution in [1.82, 2.24) is 4.57 Å². The zero-order valence-electron chi connectivity index (χ0n) is 28.5. The van der Waals surface area contributed by atoms with Crippen molar-refractivity contribution in [1.29, 1.82) is 0 Å². The second-order valence-electron chi connectivity index (χ2n) is 15.0. The first-order chi connectivity index (χ1) is 25.3. The van der Waals surface area contributed by atoms with E-state index in [2.05, 4.69) is 179 Å². The van der Waals surface area contributed by atoms with Crippen molar-refractivity contribution in [3.63, 3.8) is 0 Å². The summed E-state index contributed by atoms with van der Waals surface area (Å²) in [4.78, 5) is 2.47. The van der Waals surface area contributed by atoms with Crippen LogP contribution in [0.15, 0.2) is 170 Å². The van der Waals surface area contributed by atoms with Gasteiger partial charge in [0.05, 0.1) is 11.0 Å². The minimum atomic E-state index is 0.142. The van der Waals surface area contributed by atoms with Crippen molar-refractivity contribution in [3.05, 3.63) is 181 Å². The van der Waals surface area contributed by atoms with E-state index in [-0.39, 0.29) is 5.41 Å². The Morgan fingerprint density at radius 2 is 1.20 bits per heavy atom. The zero-order chi connectivity index (χ0) is 33.5. The molecule has 2 nitrogen and oxygen atoms in total. The Kier molecular flexibility index (Phi) is 6.28. The SMILES string of the molecule is c1ccc(N(c2cccc(-c3ccc4c(c3)c3ccccc3n4-c3ccccc3)c2)c2ccc3c(c2)C2(CC4CCC2C4)c2ccccc2-3)cc1. The summed E-state index contributed by atoms with van der Waals surface area (Å²) in [6, 6.07) is 63.1. The molecular weight excluding hydrogens is 617 g/mol. The van der Waals surface area contributed by atoms with Crippen molar-refractivity contribution in [3.8, 4) is 27.9 Å². The molecule has 51 heavy (non-hydrogen) atoms. The number of hydrogen-bond donors (Lipinski definition) is 0. The van der Waals surface area contributed by atoms with Crippen LogP contribution in [0.25, 0.3) is 49.7 Å². The standard InChI is InChI=1S/C49H38N2/c1-3-13-37(14-4-1)50(40-25-26-42-41-18-7-9-20-45(41)49(46(42)31-40)32-33-22-24-36(49)28-33)39-17-11-12-34(29-39)35-23-27-48-44(30-35)43-19-8-10-21-47(43)51(48)38-15-5-2-6-16-38/h1-21,23,25-27,29-31,33,36H,22,24,28,32H2. The van der Waals surface area contributed by atoms with Crippen molar-refractivity contribution in [2.75, 3.05) is 4.90 Å². The average Bonchev–Trinajstić information content (AvgIpc) is 3.96. The van der Waals surface area contributed by atoms with Gasteiger partial charge in [-0.2, -0.15) is 0 Å². The summed E-state index contributed by atoms with van der Waals surface area (Å²) in [6.45, 7) is 0. The maximum atomic E-state index is 2.56. The molecule has 8 aromatic rings. The Morgan fingerprint density at radius 3 is 2.04 bits per heavy atom. The van der Waals surface area contributed by atoms with Crippen LogP contribution in [-0.2, 0) is 5.41 Å². The molecule has 3 unspecified atom stereocenters. The van der Waals surface area contributed by atoms with Crippen molar-refractivity contribution in [2.24, 2.45) is 11.8 Å². The zero-order valence-corrected chi connectivity index (χ0v) is 28.5. The fourth-order valence-corrected chi connectivity index (χ4v) is 10.4. The normalized spacial score (nSPS) is 19.9. The molecule has 0 amide bonds. The molecule has 3 atom stereocenters. The van der Waals surface area contributed by atoms with E-state index < -0.39 is 0 Å². The van der Waals surface area contributed by atoms with Crippen LogP contribution < -0.4 is 4.90 Å². The van der Waals surface area contributed by atoms with Crippen LogP contribution in [0.2, 0.25) is 0 Å². The minimum Gasteiger partial charge on any atom is -0.310 e. The molecular formula is C49H38N2. The molecule has 3 aliphatic carbocycles. The summed E-state index contributed by atoms with van der Waals surface area (Å²) in [5.74, 6) is 1.58. The van der Waals surface area contributed by atoms with Gasteiger partial charge in [-0.15, -0.1) is 0 Å². The Morgan fingerprint density at radius 1 is 0.490 bits per heavy atom. The van der Waals surface area contributed by atoms with Crippen LogP contribution in [0.3, 0.4) is 0 Å². The molecule has 1 heterocycles. The van der Waals surface area contributed by atoms with E-state index in [0.717, 1.165) is 11.8 Å². The highest BCUT2D eigenvalue weighted by Crippen LogP contribution is 2.66. The van der Waals surface area contributed by atoms with E-state index in [1.807, 2.05) is 0 Å². The largest absolute Gasteiger partial charge is 0.310 e. The summed E-state index contributed by atoms with van der Waals surface area (Å²) < 4.78 is 2.39. The quantitative estimate of drug-likeness (QED) is 0.179. The van der Waals surface area contributed by atoms with Crippen molar-refractivity contribution >= 4 is 38.9 Å². The highest BCUT2D eigenvalue weighted by molar-refractivity contribution is 6.10. The predicted molar refractivity (Wildman–Crippen MR) is 213 cm³/mol. The van der Waals surface area contributed by atoms with Gasteiger partial charge >= 0.3 is 0 Å². The number of anilines is 3. The third-order valence-electron chi connectivity index (χ3n) is 12.4. The third-order valence-corrected chi connectivity index (χ3v) is 12.4. The Bertz CT molecular complexity index is 2620. The number of rotatable bonds is 5. The second kappa shape index (κ2) is 11.1. The first kappa shape index (κ1) is 28.9. The molecule has 3 aliphatic rings.